The molecule has 3 heteroatoms. The van der Waals surface area contributed by atoms with Crippen LogP contribution in [0, 0.1) is 6.57 Å². The van der Waals surface area contributed by atoms with E-state index in [0.717, 1.165) is 16.5 Å². The highest BCUT2D eigenvalue weighted by Gasteiger charge is 2.43. The predicted octanol–water partition coefficient (Wildman–Crippen LogP) is 2.98. The smallest absolute Gasteiger partial charge is 0.282 e. The molecule has 1 saturated heterocycles. The Morgan fingerprint density at radius 2 is 2.07 bits per heavy atom. The van der Waals surface area contributed by atoms with E-state index in [-0.39, 0.29) is 0 Å². The van der Waals surface area contributed by atoms with Crippen LogP contribution in [-0.4, -0.2) is 13.2 Å². The van der Waals surface area contributed by atoms with Crippen LogP contribution in [0.25, 0.3) is 4.85 Å². The van der Waals surface area contributed by atoms with Crippen molar-refractivity contribution in [2.24, 2.45) is 0 Å². The lowest BCUT2D eigenvalue weighted by molar-refractivity contribution is 0.185. The van der Waals surface area contributed by atoms with Crippen LogP contribution in [0.4, 0.5) is 0 Å². The highest BCUT2D eigenvalue weighted by molar-refractivity contribution is 9.10. The summed E-state index contributed by atoms with van der Waals surface area (Å²) in [6.45, 7) is 8.49. The molecule has 0 radical (unpaired) electrons. The topological polar surface area (TPSA) is 13.6 Å². The van der Waals surface area contributed by atoms with Crippen LogP contribution in [0.1, 0.15) is 12.0 Å². The standard InChI is InChI=1S/C11H10BrNO/c1-13-11(6-7-14-8-11)9-2-4-10(12)5-3-9/h2-5H,6-8H2. The average Bonchev–Trinajstić information content (AvgIpc) is 2.68. The van der Waals surface area contributed by atoms with Crippen LogP contribution in [0.5, 0.6) is 0 Å². The molecule has 0 aromatic heterocycles. The highest BCUT2D eigenvalue weighted by atomic mass is 79.9. The summed E-state index contributed by atoms with van der Waals surface area (Å²) in [5.41, 5.74) is 0.633. The molecule has 1 heterocycles. The Labute approximate surface area is 91.8 Å². The average molecular weight is 252 g/mol. The Balaban J connectivity index is 2.37. The van der Waals surface area contributed by atoms with Crippen LogP contribution >= 0.6 is 15.9 Å². The normalized spacial score (nSPS) is 26.0. The van der Waals surface area contributed by atoms with Gasteiger partial charge in [0.2, 0.25) is 0 Å². The van der Waals surface area contributed by atoms with Gasteiger partial charge in [0.25, 0.3) is 5.54 Å². The van der Waals surface area contributed by atoms with Gasteiger partial charge in [-0.2, -0.15) is 0 Å². The largest absolute Gasteiger partial charge is 0.372 e. The Morgan fingerprint density at radius 1 is 1.36 bits per heavy atom. The van der Waals surface area contributed by atoms with Gasteiger partial charge in [-0.05, 0) is 24.3 Å². The molecule has 1 aliphatic heterocycles. The third-order valence-electron chi connectivity index (χ3n) is 2.60. The summed E-state index contributed by atoms with van der Waals surface area (Å²) >= 11 is 3.38. The first kappa shape index (κ1) is 9.70. The fraction of sp³-hybridized carbons (Fsp3) is 0.364. The van der Waals surface area contributed by atoms with E-state index in [9.17, 15) is 0 Å². The molecule has 1 unspecified atom stereocenters. The van der Waals surface area contributed by atoms with Gasteiger partial charge in [-0.25, -0.2) is 6.57 Å². The number of ether oxygens (including phenoxy) is 1. The zero-order valence-electron chi connectivity index (χ0n) is 7.66. The third kappa shape index (κ3) is 1.56. The Hall–Kier alpha value is -0.850. The molecule has 1 aromatic carbocycles. The van der Waals surface area contributed by atoms with Crippen LogP contribution in [0.2, 0.25) is 0 Å². The van der Waals surface area contributed by atoms with Crippen molar-refractivity contribution < 1.29 is 4.74 Å². The molecule has 72 valence electrons. The van der Waals surface area contributed by atoms with Crippen molar-refractivity contribution >= 4 is 15.9 Å². The summed E-state index contributed by atoms with van der Waals surface area (Å²) in [6, 6.07) is 7.94. The maximum absolute atomic E-state index is 7.27. The Bertz CT molecular complexity index is 360. The number of hydrogen-bond acceptors (Lipinski definition) is 1. The molecule has 1 aliphatic rings. The van der Waals surface area contributed by atoms with E-state index in [2.05, 4.69) is 20.8 Å². The minimum atomic E-state index is -0.430. The molecule has 0 saturated carbocycles. The summed E-state index contributed by atoms with van der Waals surface area (Å²) in [6.07, 6.45) is 0.804. The fourth-order valence-electron chi connectivity index (χ4n) is 1.69. The lowest BCUT2D eigenvalue weighted by Gasteiger charge is -2.13. The molecule has 1 aromatic rings. The summed E-state index contributed by atoms with van der Waals surface area (Å²) in [5.74, 6) is 0. The predicted molar refractivity (Wildman–Crippen MR) is 57.9 cm³/mol. The number of halogens is 1. The van der Waals surface area contributed by atoms with E-state index >= 15 is 0 Å². The second-order valence-corrected chi connectivity index (χ2v) is 4.37. The van der Waals surface area contributed by atoms with E-state index in [4.69, 9.17) is 11.3 Å². The van der Waals surface area contributed by atoms with Gasteiger partial charge in [0, 0.05) is 10.0 Å². The molecule has 14 heavy (non-hydrogen) atoms. The maximum atomic E-state index is 7.27. The van der Waals surface area contributed by atoms with E-state index in [0.29, 0.717) is 13.2 Å². The zero-order chi connectivity index (χ0) is 10.0. The fourth-order valence-corrected chi connectivity index (χ4v) is 1.96. The minimum Gasteiger partial charge on any atom is -0.372 e. The van der Waals surface area contributed by atoms with Gasteiger partial charge in [-0.15, -0.1) is 0 Å². The highest BCUT2D eigenvalue weighted by Crippen LogP contribution is 2.35. The number of hydrogen-bond donors (Lipinski definition) is 0. The maximum Gasteiger partial charge on any atom is 0.282 e. The summed E-state index contributed by atoms with van der Waals surface area (Å²) in [4.78, 5) is 3.73. The lowest BCUT2D eigenvalue weighted by atomic mass is 9.90. The van der Waals surface area contributed by atoms with Gasteiger partial charge in [-0.1, -0.05) is 15.9 Å². The molecule has 1 atom stereocenters. The van der Waals surface area contributed by atoms with Crippen molar-refractivity contribution in [3.8, 4) is 0 Å². The summed E-state index contributed by atoms with van der Waals surface area (Å²) in [7, 11) is 0. The van der Waals surface area contributed by atoms with Crippen LogP contribution in [-0.2, 0) is 10.3 Å². The Morgan fingerprint density at radius 3 is 2.57 bits per heavy atom. The molecule has 1 fully saturated rings. The molecule has 2 rings (SSSR count). The molecule has 0 amide bonds. The van der Waals surface area contributed by atoms with Crippen molar-refractivity contribution in [3.05, 3.63) is 45.7 Å². The SMILES string of the molecule is [C-]#[N+]C1(c2ccc(Br)cc2)CCOC1. The molecular weight excluding hydrogens is 242 g/mol. The number of rotatable bonds is 1. The van der Waals surface area contributed by atoms with Crippen LogP contribution in [0.3, 0.4) is 0 Å². The van der Waals surface area contributed by atoms with Gasteiger partial charge in [0.1, 0.15) is 6.61 Å². The quantitative estimate of drug-likeness (QED) is 0.700. The number of benzene rings is 1. The molecular formula is C11H10BrNO. The molecule has 0 bridgehead atoms. The first-order valence-corrected chi connectivity index (χ1v) is 5.29. The van der Waals surface area contributed by atoms with Gasteiger partial charge in [-0.3, -0.25) is 0 Å². The van der Waals surface area contributed by atoms with E-state index < -0.39 is 5.54 Å². The van der Waals surface area contributed by atoms with Gasteiger partial charge < -0.3 is 9.58 Å². The van der Waals surface area contributed by atoms with Gasteiger partial charge >= 0.3 is 0 Å². The monoisotopic (exact) mass is 251 g/mol. The zero-order valence-corrected chi connectivity index (χ0v) is 9.25. The van der Waals surface area contributed by atoms with Crippen molar-refractivity contribution in [1.29, 1.82) is 0 Å². The summed E-state index contributed by atoms with van der Waals surface area (Å²) < 4.78 is 6.35. The second kappa shape index (κ2) is 3.72. The van der Waals surface area contributed by atoms with E-state index in [1.54, 1.807) is 0 Å². The molecule has 0 aliphatic carbocycles. The Kier molecular flexibility index (Phi) is 2.58. The van der Waals surface area contributed by atoms with Gasteiger partial charge in [0.15, 0.2) is 0 Å². The van der Waals surface area contributed by atoms with Crippen LogP contribution in [0.15, 0.2) is 28.7 Å². The van der Waals surface area contributed by atoms with Crippen molar-refractivity contribution in [2.45, 2.75) is 12.0 Å². The first-order valence-electron chi connectivity index (χ1n) is 4.49. The van der Waals surface area contributed by atoms with E-state index in [1.807, 2.05) is 24.3 Å². The lowest BCUT2D eigenvalue weighted by Crippen LogP contribution is -2.21. The van der Waals surface area contributed by atoms with Crippen molar-refractivity contribution in [1.82, 2.24) is 0 Å². The van der Waals surface area contributed by atoms with E-state index in [1.165, 1.54) is 0 Å². The molecule has 0 spiro atoms. The second-order valence-electron chi connectivity index (χ2n) is 3.45. The molecule has 0 N–H and O–H groups in total. The minimum absolute atomic E-state index is 0.430. The molecule has 2 nitrogen and oxygen atoms in total. The summed E-state index contributed by atoms with van der Waals surface area (Å²) in [5, 5.41) is 0. The first-order chi connectivity index (χ1) is 6.77. The van der Waals surface area contributed by atoms with Crippen molar-refractivity contribution in [3.63, 3.8) is 0 Å². The van der Waals surface area contributed by atoms with Crippen molar-refractivity contribution in [2.75, 3.05) is 13.2 Å². The number of nitrogens with zero attached hydrogens (tertiary/aromatic N) is 1. The third-order valence-corrected chi connectivity index (χ3v) is 3.13. The van der Waals surface area contributed by atoms with Crippen LogP contribution < -0.4 is 0 Å². The van der Waals surface area contributed by atoms with Gasteiger partial charge in [0.05, 0.1) is 13.0 Å².